The van der Waals surface area contributed by atoms with Gasteiger partial charge in [0.15, 0.2) is 5.82 Å². The maximum Gasteiger partial charge on any atom is 0.433 e. The van der Waals surface area contributed by atoms with Crippen molar-refractivity contribution in [2.45, 2.75) is 12.2 Å². The predicted molar refractivity (Wildman–Crippen MR) is 117 cm³/mol. The highest BCUT2D eigenvalue weighted by Gasteiger charge is 2.59. The molecule has 0 unspecified atom stereocenters. The molecule has 1 aliphatic heterocycles. The van der Waals surface area contributed by atoms with Crippen molar-refractivity contribution in [2.24, 2.45) is 18.9 Å². The third-order valence-corrected chi connectivity index (χ3v) is 6.66. The van der Waals surface area contributed by atoms with Crippen LogP contribution in [-0.4, -0.2) is 56.5 Å². The number of fused-ring (bicyclic) bond motifs is 1. The molecule has 1 aliphatic carbocycles. The second-order valence-electron chi connectivity index (χ2n) is 8.76. The Morgan fingerprint density at radius 3 is 2.46 bits per heavy atom. The van der Waals surface area contributed by atoms with Crippen LogP contribution < -0.4 is 10.5 Å². The van der Waals surface area contributed by atoms with Gasteiger partial charge in [0.25, 0.3) is 11.5 Å². The molecule has 182 valence electrons. The Morgan fingerprint density at radius 1 is 1.14 bits per heavy atom. The number of anilines is 1. The van der Waals surface area contributed by atoms with Crippen LogP contribution in [0, 0.1) is 17.7 Å². The minimum Gasteiger partial charge on any atom is -0.342 e. The lowest BCUT2D eigenvalue weighted by atomic mass is 10.2. The van der Waals surface area contributed by atoms with Gasteiger partial charge in [0, 0.05) is 69.1 Å². The number of halogens is 4. The summed E-state index contributed by atoms with van der Waals surface area (Å²) in [5.74, 6) is -0.361. The number of carbonyl (C=O) groups excluding carboxylic acids is 1. The molecule has 35 heavy (non-hydrogen) atoms. The van der Waals surface area contributed by atoms with E-state index in [0.717, 1.165) is 24.5 Å². The van der Waals surface area contributed by atoms with Gasteiger partial charge in [-0.15, -0.1) is 0 Å². The molecule has 12 heteroatoms. The van der Waals surface area contributed by atoms with Crippen molar-refractivity contribution in [3.63, 3.8) is 0 Å². The van der Waals surface area contributed by atoms with E-state index in [2.05, 4.69) is 15.0 Å². The molecule has 4 heterocycles. The van der Waals surface area contributed by atoms with Crippen molar-refractivity contribution in [1.82, 2.24) is 24.4 Å². The highest BCUT2D eigenvalue weighted by atomic mass is 19.4. The number of hydrogen-bond donors (Lipinski definition) is 0. The third-order valence-electron chi connectivity index (χ3n) is 6.66. The largest absolute Gasteiger partial charge is 0.433 e. The Labute approximate surface area is 196 Å². The molecule has 3 aromatic heterocycles. The lowest BCUT2D eigenvalue weighted by Crippen LogP contribution is -2.38. The number of carbonyl (C=O) groups is 1. The standard InChI is InChI=1S/C23H20F4N6O2/c1-31-19(34)7-17(13-5-6-28-9-16(13)24)30-22(31)32(2)20-14-10-33(11-15(14)20)21(35)12-3-4-18(29-8-12)23(25,26)27/h3-9,14-15,20H,10-11H2,1-2H3/t14-,15+,20-. The molecule has 1 amide bonds. The summed E-state index contributed by atoms with van der Waals surface area (Å²) >= 11 is 0. The van der Waals surface area contributed by atoms with Gasteiger partial charge in [0.2, 0.25) is 5.95 Å². The number of hydrogen-bond acceptors (Lipinski definition) is 6. The molecule has 3 aromatic rings. The molecule has 0 N–H and O–H groups in total. The number of aromatic nitrogens is 4. The molecule has 1 saturated carbocycles. The smallest absolute Gasteiger partial charge is 0.342 e. The molecule has 2 aliphatic rings. The maximum atomic E-state index is 14.2. The first-order chi connectivity index (χ1) is 16.6. The summed E-state index contributed by atoms with van der Waals surface area (Å²) in [5, 5.41) is 0. The molecular formula is C23H20F4N6O2. The molecule has 2 fully saturated rings. The third kappa shape index (κ3) is 4.02. The van der Waals surface area contributed by atoms with E-state index in [1.54, 1.807) is 19.0 Å². The Bertz CT molecular complexity index is 1350. The molecule has 3 atom stereocenters. The first kappa shape index (κ1) is 22.9. The zero-order chi connectivity index (χ0) is 25.1. The van der Waals surface area contributed by atoms with Crippen LogP contribution in [0.25, 0.3) is 11.3 Å². The average molecular weight is 488 g/mol. The highest BCUT2D eigenvalue weighted by Crippen LogP contribution is 2.49. The molecule has 0 spiro atoms. The van der Waals surface area contributed by atoms with Crippen molar-refractivity contribution in [3.05, 3.63) is 70.3 Å². The normalized spacial score (nSPS) is 21.1. The fraction of sp³-hybridized carbons (Fsp3) is 0.348. The van der Waals surface area contributed by atoms with E-state index in [9.17, 15) is 27.2 Å². The second kappa shape index (κ2) is 8.14. The Kier molecular flexibility index (Phi) is 5.33. The summed E-state index contributed by atoms with van der Waals surface area (Å²) in [6.07, 6.45) is -1.14. The number of rotatable bonds is 4. The van der Waals surface area contributed by atoms with Gasteiger partial charge in [-0.3, -0.25) is 24.1 Å². The van der Waals surface area contributed by atoms with E-state index in [1.807, 2.05) is 4.90 Å². The fourth-order valence-corrected chi connectivity index (χ4v) is 4.80. The van der Waals surface area contributed by atoms with Crippen molar-refractivity contribution >= 4 is 11.9 Å². The van der Waals surface area contributed by atoms with Gasteiger partial charge >= 0.3 is 6.18 Å². The van der Waals surface area contributed by atoms with Crippen LogP contribution in [0.1, 0.15) is 16.1 Å². The van der Waals surface area contributed by atoms with E-state index < -0.39 is 17.7 Å². The van der Waals surface area contributed by atoms with Gasteiger partial charge in [-0.05, 0) is 18.2 Å². The fourth-order valence-electron chi connectivity index (χ4n) is 4.80. The van der Waals surface area contributed by atoms with Crippen LogP contribution in [0.15, 0.2) is 47.7 Å². The number of piperidine rings is 1. The molecule has 1 saturated heterocycles. The van der Waals surface area contributed by atoms with Crippen molar-refractivity contribution < 1.29 is 22.4 Å². The summed E-state index contributed by atoms with van der Waals surface area (Å²) < 4.78 is 53.8. The van der Waals surface area contributed by atoms with Gasteiger partial charge in [-0.25, -0.2) is 9.37 Å². The number of pyridine rings is 2. The van der Waals surface area contributed by atoms with E-state index in [4.69, 9.17) is 0 Å². The second-order valence-corrected chi connectivity index (χ2v) is 8.76. The lowest BCUT2D eigenvalue weighted by molar-refractivity contribution is -0.141. The molecule has 0 aromatic carbocycles. The maximum absolute atomic E-state index is 14.2. The summed E-state index contributed by atoms with van der Waals surface area (Å²) in [5.41, 5.74) is -0.921. The van der Waals surface area contributed by atoms with Gasteiger partial charge in [-0.2, -0.15) is 13.2 Å². The Morgan fingerprint density at radius 2 is 1.86 bits per heavy atom. The van der Waals surface area contributed by atoms with Crippen LogP contribution in [0.5, 0.6) is 0 Å². The van der Waals surface area contributed by atoms with Crippen molar-refractivity contribution in [3.8, 4) is 11.3 Å². The summed E-state index contributed by atoms with van der Waals surface area (Å²) in [4.78, 5) is 40.4. The number of alkyl halides is 3. The average Bonchev–Trinajstić information content (AvgIpc) is 3.32. The predicted octanol–water partition coefficient (Wildman–Crippen LogP) is 2.60. The van der Waals surface area contributed by atoms with E-state index >= 15 is 0 Å². The van der Waals surface area contributed by atoms with Crippen molar-refractivity contribution in [1.29, 1.82) is 0 Å². The number of amides is 1. The number of nitrogens with zero attached hydrogens (tertiary/aromatic N) is 6. The molecule has 5 rings (SSSR count). The van der Waals surface area contributed by atoms with Gasteiger partial charge in [-0.1, -0.05) is 0 Å². The first-order valence-corrected chi connectivity index (χ1v) is 10.8. The molecule has 0 bridgehead atoms. The van der Waals surface area contributed by atoms with E-state index in [-0.39, 0.29) is 46.2 Å². The molecular weight excluding hydrogens is 468 g/mol. The van der Waals surface area contributed by atoms with E-state index in [1.165, 1.54) is 22.9 Å². The Hall–Kier alpha value is -3.83. The lowest BCUT2D eigenvalue weighted by Gasteiger charge is -2.26. The monoisotopic (exact) mass is 488 g/mol. The van der Waals surface area contributed by atoms with Gasteiger partial charge in [0.05, 0.1) is 17.5 Å². The van der Waals surface area contributed by atoms with Crippen LogP contribution in [-0.2, 0) is 13.2 Å². The Balaban J connectivity index is 1.30. The molecule has 8 nitrogen and oxygen atoms in total. The van der Waals surface area contributed by atoms with Crippen LogP contribution in [0.4, 0.5) is 23.5 Å². The van der Waals surface area contributed by atoms with Gasteiger partial charge < -0.3 is 9.80 Å². The van der Waals surface area contributed by atoms with Crippen molar-refractivity contribution in [2.75, 3.05) is 25.0 Å². The first-order valence-electron chi connectivity index (χ1n) is 10.8. The molecule has 0 radical (unpaired) electrons. The summed E-state index contributed by atoms with van der Waals surface area (Å²) in [6.45, 7) is 0.846. The van der Waals surface area contributed by atoms with E-state index in [0.29, 0.717) is 19.0 Å². The van der Waals surface area contributed by atoms with Crippen LogP contribution in [0.2, 0.25) is 0 Å². The highest BCUT2D eigenvalue weighted by molar-refractivity contribution is 5.94. The summed E-state index contributed by atoms with van der Waals surface area (Å²) in [6, 6.07) is 4.66. The SMILES string of the molecule is CN(c1nc(-c2ccncc2F)cc(=O)n1C)[C@@H]1[C@@H]2CN(C(=O)c3ccc(C(F)(F)F)nc3)C[C@@H]21. The zero-order valence-electron chi connectivity index (χ0n) is 18.7. The minimum absolute atomic E-state index is 0.0143. The van der Waals surface area contributed by atoms with Gasteiger partial charge in [0.1, 0.15) is 5.69 Å². The van der Waals surface area contributed by atoms with Crippen LogP contribution in [0.3, 0.4) is 0 Å². The zero-order valence-corrected chi connectivity index (χ0v) is 18.7. The van der Waals surface area contributed by atoms with Crippen LogP contribution >= 0.6 is 0 Å². The minimum atomic E-state index is -4.57. The topological polar surface area (TPSA) is 84.2 Å². The summed E-state index contributed by atoms with van der Waals surface area (Å²) in [7, 11) is 3.38. The quantitative estimate of drug-likeness (QED) is 0.525. The number of likely N-dealkylation sites (tertiary alicyclic amines) is 1.